The normalized spacial score (nSPS) is 24.5. The van der Waals surface area contributed by atoms with Gasteiger partial charge in [-0.3, -0.25) is 9.88 Å². The van der Waals surface area contributed by atoms with Gasteiger partial charge in [-0.05, 0) is 55.1 Å². The van der Waals surface area contributed by atoms with Gasteiger partial charge in [0.15, 0.2) is 0 Å². The molecule has 2 aliphatic rings. The fourth-order valence-electron chi connectivity index (χ4n) is 3.61. The number of nitrogens with one attached hydrogen (secondary N) is 1. The van der Waals surface area contributed by atoms with E-state index in [-0.39, 0.29) is 0 Å². The van der Waals surface area contributed by atoms with Crippen molar-refractivity contribution in [1.82, 2.24) is 15.2 Å². The fraction of sp³-hybridized carbons (Fsp3) is 0.450. The van der Waals surface area contributed by atoms with Crippen molar-refractivity contribution in [1.29, 1.82) is 0 Å². The number of rotatable bonds is 5. The number of piperidine rings is 1. The van der Waals surface area contributed by atoms with Gasteiger partial charge < -0.3 is 5.32 Å². The molecule has 1 aliphatic heterocycles. The molecule has 0 amide bonds. The van der Waals surface area contributed by atoms with E-state index >= 15 is 0 Å². The van der Waals surface area contributed by atoms with E-state index in [0.717, 1.165) is 6.67 Å². The zero-order chi connectivity index (χ0) is 15.5. The Balaban J connectivity index is 1.31. The van der Waals surface area contributed by atoms with Crippen molar-refractivity contribution in [3.8, 4) is 11.1 Å². The van der Waals surface area contributed by atoms with Crippen molar-refractivity contribution in [3.63, 3.8) is 0 Å². The van der Waals surface area contributed by atoms with Crippen LogP contribution in [0.5, 0.6) is 0 Å². The standard InChI is InChI=1S/C20H25N3/c1-2-11-23(12-3-1)15-22-20-13-19(20)17-8-6-16(7-9-17)18-5-4-10-21-14-18/h4-10,14,19-20,22H,1-3,11-13,15H2. The summed E-state index contributed by atoms with van der Waals surface area (Å²) < 4.78 is 0. The molecule has 1 saturated carbocycles. The van der Waals surface area contributed by atoms with E-state index in [1.807, 2.05) is 18.5 Å². The summed E-state index contributed by atoms with van der Waals surface area (Å²) in [5.41, 5.74) is 3.91. The molecule has 1 aliphatic carbocycles. The zero-order valence-electron chi connectivity index (χ0n) is 13.6. The highest BCUT2D eigenvalue weighted by Crippen LogP contribution is 2.41. The molecule has 120 valence electrons. The average Bonchev–Trinajstić information content (AvgIpc) is 3.41. The maximum absolute atomic E-state index is 4.20. The monoisotopic (exact) mass is 307 g/mol. The number of nitrogens with zero attached hydrogens (tertiary/aromatic N) is 2. The van der Waals surface area contributed by atoms with E-state index in [9.17, 15) is 0 Å². The quantitative estimate of drug-likeness (QED) is 0.914. The van der Waals surface area contributed by atoms with Crippen molar-refractivity contribution in [2.75, 3.05) is 19.8 Å². The van der Waals surface area contributed by atoms with Crippen molar-refractivity contribution >= 4 is 0 Å². The van der Waals surface area contributed by atoms with Gasteiger partial charge in [-0.15, -0.1) is 0 Å². The number of pyridine rings is 1. The summed E-state index contributed by atoms with van der Waals surface area (Å²) >= 11 is 0. The minimum absolute atomic E-state index is 0.668. The van der Waals surface area contributed by atoms with E-state index in [0.29, 0.717) is 12.0 Å². The summed E-state index contributed by atoms with van der Waals surface area (Å²) in [6.07, 6.45) is 9.17. The van der Waals surface area contributed by atoms with Crippen LogP contribution in [0.2, 0.25) is 0 Å². The van der Waals surface area contributed by atoms with Gasteiger partial charge in [0.25, 0.3) is 0 Å². The number of benzene rings is 1. The Morgan fingerprint density at radius 2 is 1.83 bits per heavy atom. The molecule has 0 bridgehead atoms. The molecule has 2 fully saturated rings. The van der Waals surface area contributed by atoms with Gasteiger partial charge in [-0.25, -0.2) is 0 Å². The topological polar surface area (TPSA) is 28.2 Å². The Morgan fingerprint density at radius 3 is 2.57 bits per heavy atom. The lowest BCUT2D eigenvalue weighted by molar-refractivity contribution is 0.211. The summed E-state index contributed by atoms with van der Waals surface area (Å²) in [5, 5.41) is 3.74. The molecule has 3 nitrogen and oxygen atoms in total. The average molecular weight is 307 g/mol. The molecule has 3 heteroatoms. The molecular weight excluding hydrogens is 282 g/mol. The molecule has 2 atom stereocenters. The first-order chi connectivity index (χ1) is 11.4. The van der Waals surface area contributed by atoms with Crippen LogP contribution in [0.25, 0.3) is 11.1 Å². The van der Waals surface area contributed by atoms with Gasteiger partial charge in [-0.2, -0.15) is 0 Å². The van der Waals surface area contributed by atoms with Crippen molar-refractivity contribution in [2.24, 2.45) is 0 Å². The third-order valence-corrected chi connectivity index (χ3v) is 5.15. The summed E-state index contributed by atoms with van der Waals surface area (Å²) in [6, 6.07) is 13.8. The van der Waals surface area contributed by atoms with Crippen LogP contribution in [0.15, 0.2) is 48.8 Å². The lowest BCUT2D eigenvalue weighted by Gasteiger charge is -2.26. The molecule has 23 heavy (non-hydrogen) atoms. The Morgan fingerprint density at radius 1 is 1.00 bits per heavy atom. The number of likely N-dealkylation sites (tertiary alicyclic amines) is 1. The molecule has 1 saturated heterocycles. The van der Waals surface area contributed by atoms with Crippen molar-refractivity contribution < 1.29 is 0 Å². The highest BCUT2D eigenvalue weighted by Gasteiger charge is 2.38. The predicted octanol–water partition coefficient (Wildman–Crippen LogP) is 3.64. The number of aromatic nitrogens is 1. The highest BCUT2D eigenvalue weighted by molar-refractivity contribution is 5.62. The van der Waals surface area contributed by atoms with E-state index < -0.39 is 0 Å². The first-order valence-electron chi connectivity index (χ1n) is 8.86. The van der Waals surface area contributed by atoms with Crippen LogP contribution in [0.1, 0.15) is 37.2 Å². The fourth-order valence-corrected chi connectivity index (χ4v) is 3.61. The summed E-state index contributed by atoms with van der Waals surface area (Å²) in [5.74, 6) is 0.697. The van der Waals surface area contributed by atoms with Gasteiger partial charge >= 0.3 is 0 Å². The van der Waals surface area contributed by atoms with Gasteiger partial charge in [0.1, 0.15) is 0 Å². The van der Waals surface area contributed by atoms with E-state index in [2.05, 4.69) is 45.5 Å². The van der Waals surface area contributed by atoms with Gasteiger partial charge in [0.2, 0.25) is 0 Å². The van der Waals surface area contributed by atoms with Crippen molar-refractivity contribution in [2.45, 2.75) is 37.6 Å². The Kier molecular flexibility index (Phi) is 4.40. The highest BCUT2D eigenvalue weighted by atomic mass is 15.2. The number of hydrogen-bond donors (Lipinski definition) is 1. The van der Waals surface area contributed by atoms with Gasteiger partial charge in [0, 0.05) is 31.0 Å². The molecule has 2 heterocycles. The largest absolute Gasteiger partial charge is 0.301 e. The smallest absolute Gasteiger partial charge is 0.0482 e. The first-order valence-corrected chi connectivity index (χ1v) is 8.86. The molecule has 2 aromatic rings. The van der Waals surface area contributed by atoms with Crippen molar-refractivity contribution in [3.05, 3.63) is 54.4 Å². The third-order valence-electron chi connectivity index (χ3n) is 5.15. The Bertz CT molecular complexity index is 617. The predicted molar refractivity (Wildman–Crippen MR) is 94.2 cm³/mol. The second-order valence-corrected chi connectivity index (χ2v) is 6.85. The van der Waals surface area contributed by atoms with Crippen LogP contribution in [-0.2, 0) is 0 Å². The Hall–Kier alpha value is -1.71. The van der Waals surface area contributed by atoms with Gasteiger partial charge in [0.05, 0.1) is 0 Å². The molecule has 0 radical (unpaired) electrons. The van der Waals surface area contributed by atoms with E-state index in [1.165, 1.54) is 55.5 Å². The SMILES string of the molecule is c1cncc(-c2ccc(C3CC3NCN3CCCCC3)cc2)c1. The third kappa shape index (κ3) is 3.62. The van der Waals surface area contributed by atoms with Crippen LogP contribution >= 0.6 is 0 Å². The molecule has 1 N–H and O–H groups in total. The van der Waals surface area contributed by atoms with Crippen LogP contribution in [-0.4, -0.2) is 35.7 Å². The number of hydrogen-bond acceptors (Lipinski definition) is 3. The molecule has 4 rings (SSSR count). The molecular formula is C20H25N3. The minimum atomic E-state index is 0.668. The van der Waals surface area contributed by atoms with Gasteiger partial charge in [-0.1, -0.05) is 36.8 Å². The van der Waals surface area contributed by atoms with Crippen LogP contribution in [0.4, 0.5) is 0 Å². The summed E-state index contributed by atoms with van der Waals surface area (Å²) in [6.45, 7) is 3.60. The maximum atomic E-state index is 4.20. The lowest BCUT2D eigenvalue weighted by atomic mass is 10.0. The van der Waals surface area contributed by atoms with Crippen LogP contribution in [0, 0.1) is 0 Å². The molecule has 2 unspecified atom stereocenters. The maximum Gasteiger partial charge on any atom is 0.0482 e. The van der Waals surface area contributed by atoms with Crippen LogP contribution < -0.4 is 5.32 Å². The second-order valence-electron chi connectivity index (χ2n) is 6.85. The molecule has 1 aromatic heterocycles. The molecule has 0 spiro atoms. The lowest BCUT2D eigenvalue weighted by Crippen LogP contribution is -2.38. The van der Waals surface area contributed by atoms with E-state index in [1.54, 1.807) is 0 Å². The molecule has 1 aromatic carbocycles. The zero-order valence-corrected chi connectivity index (χ0v) is 13.6. The summed E-state index contributed by atoms with van der Waals surface area (Å²) in [7, 11) is 0. The Labute approximate surface area is 138 Å². The second kappa shape index (κ2) is 6.81. The first kappa shape index (κ1) is 14.9. The minimum Gasteiger partial charge on any atom is -0.301 e. The summed E-state index contributed by atoms with van der Waals surface area (Å²) in [4.78, 5) is 6.76. The van der Waals surface area contributed by atoms with Crippen LogP contribution in [0.3, 0.4) is 0 Å². The van der Waals surface area contributed by atoms with E-state index in [4.69, 9.17) is 0 Å².